The van der Waals surface area contributed by atoms with Crippen molar-refractivity contribution in [2.75, 3.05) is 19.0 Å². The van der Waals surface area contributed by atoms with Crippen LogP contribution in [-0.2, 0) is 0 Å². The molecule has 0 saturated carbocycles. The van der Waals surface area contributed by atoms with E-state index in [0.29, 0.717) is 5.92 Å². The second-order valence-corrected chi connectivity index (χ2v) is 3.50. The molecule has 0 spiro atoms. The van der Waals surface area contributed by atoms with E-state index < -0.39 is 0 Å². The molecule has 1 aromatic rings. The van der Waals surface area contributed by atoms with Crippen LogP contribution in [-0.4, -0.2) is 18.6 Å². The molecule has 1 N–H and O–H groups in total. The van der Waals surface area contributed by atoms with Crippen LogP contribution in [0.15, 0.2) is 12.3 Å². The van der Waals surface area contributed by atoms with Crippen LogP contribution in [0.4, 0.5) is 5.69 Å². The molecule has 0 amide bonds. The van der Waals surface area contributed by atoms with Crippen LogP contribution < -0.4 is 10.1 Å². The molecule has 78 valence electrons. The SMILES string of the molecule is CCNc1cnc(C(C)C)c(OC)c1. The molecule has 0 unspecified atom stereocenters. The maximum Gasteiger partial charge on any atom is 0.142 e. The normalized spacial score (nSPS) is 10.4. The Kier molecular flexibility index (Phi) is 3.74. The average Bonchev–Trinajstić information content (AvgIpc) is 2.17. The van der Waals surface area contributed by atoms with Crippen molar-refractivity contribution >= 4 is 5.69 Å². The summed E-state index contributed by atoms with van der Waals surface area (Å²) in [6, 6.07) is 1.99. The predicted octanol–water partition coefficient (Wildman–Crippen LogP) is 2.65. The molecule has 0 fully saturated rings. The smallest absolute Gasteiger partial charge is 0.142 e. The Morgan fingerprint density at radius 1 is 1.50 bits per heavy atom. The van der Waals surface area contributed by atoms with Gasteiger partial charge in [0.15, 0.2) is 0 Å². The molecule has 0 saturated heterocycles. The van der Waals surface area contributed by atoms with Crippen LogP contribution in [0, 0.1) is 0 Å². The highest BCUT2D eigenvalue weighted by molar-refractivity contribution is 5.48. The predicted molar refractivity (Wildman–Crippen MR) is 59.0 cm³/mol. The third-order valence-corrected chi connectivity index (χ3v) is 2.03. The minimum absolute atomic E-state index is 0.389. The first-order chi connectivity index (χ1) is 6.69. The van der Waals surface area contributed by atoms with Gasteiger partial charge in [-0.25, -0.2) is 0 Å². The first kappa shape index (κ1) is 10.8. The van der Waals surface area contributed by atoms with E-state index in [1.807, 2.05) is 12.3 Å². The molecule has 3 heteroatoms. The Morgan fingerprint density at radius 3 is 2.71 bits per heavy atom. The van der Waals surface area contributed by atoms with Crippen molar-refractivity contribution in [3.63, 3.8) is 0 Å². The van der Waals surface area contributed by atoms with Crippen molar-refractivity contribution in [3.8, 4) is 5.75 Å². The number of pyridine rings is 1. The molecule has 0 aliphatic heterocycles. The van der Waals surface area contributed by atoms with Gasteiger partial charge in [0.2, 0.25) is 0 Å². The number of ether oxygens (including phenoxy) is 1. The summed E-state index contributed by atoms with van der Waals surface area (Å²) >= 11 is 0. The number of nitrogens with one attached hydrogen (secondary N) is 1. The lowest BCUT2D eigenvalue weighted by Gasteiger charge is -2.12. The zero-order chi connectivity index (χ0) is 10.6. The molecule has 3 nitrogen and oxygen atoms in total. The fourth-order valence-electron chi connectivity index (χ4n) is 1.35. The molecular formula is C11H18N2O. The summed E-state index contributed by atoms with van der Waals surface area (Å²) in [6.07, 6.45) is 1.85. The summed E-state index contributed by atoms with van der Waals surface area (Å²) in [7, 11) is 1.68. The standard InChI is InChI=1S/C11H18N2O/c1-5-12-9-6-10(14-4)11(8(2)3)13-7-9/h6-8,12H,5H2,1-4H3. The highest BCUT2D eigenvalue weighted by Gasteiger charge is 2.09. The monoisotopic (exact) mass is 194 g/mol. The molecule has 0 radical (unpaired) electrons. The fraction of sp³-hybridized carbons (Fsp3) is 0.545. The quantitative estimate of drug-likeness (QED) is 0.800. The van der Waals surface area contributed by atoms with E-state index in [4.69, 9.17) is 4.74 Å². The second-order valence-electron chi connectivity index (χ2n) is 3.50. The maximum atomic E-state index is 5.29. The van der Waals surface area contributed by atoms with Crippen LogP contribution in [0.25, 0.3) is 0 Å². The van der Waals surface area contributed by atoms with Crippen molar-refractivity contribution in [1.29, 1.82) is 0 Å². The van der Waals surface area contributed by atoms with Gasteiger partial charge in [-0.3, -0.25) is 4.98 Å². The van der Waals surface area contributed by atoms with Gasteiger partial charge in [0.25, 0.3) is 0 Å². The molecule has 1 aromatic heterocycles. The van der Waals surface area contributed by atoms with E-state index in [1.54, 1.807) is 7.11 Å². The summed E-state index contributed by atoms with van der Waals surface area (Å²) in [5.41, 5.74) is 2.02. The third-order valence-electron chi connectivity index (χ3n) is 2.03. The van der Waals surface area contributed by atoms with Crippen LogP contribution in [0.1, 0.15) is 32.4 Å². The molecule has 1 heterocycles. The van der Waals surface area contributed by atoms with Crippen LogP contribution in [0.2, 0.25) is 0 Å². The van der Waals surface area contributed by atoms with Gasteiger partial charge in [0.05, 0.1) is 24.7 Å². The zero-order valence-corrected chi connectivity index (χ0v) is 9.29. The Labute approximate surface area is 85.5 Å². The van der Waals surface area contributed by atoms with Crippen molar-refractivity contribution in [3.05, 3.63) is 18.0 Å². The first-order valence-electron chi connectivity index (χ1n) is 4.96. The van der Waals surface area contributed by atoms with E-state index in [9.17, 15) is 0 Å². The molecule has 0 aliphatic carbocycles. The van der Waals surface area contributed by atoms with E-state index >= 15 is 0 Å². The Bertz CT molecular complexity index is 297. The van der Waals surface area contributed by atoms with E-state index in [-0.39, 0.29) is 0 Å². The van der Waals surface area contributed by atoms with E-state index in [1.165, 1.54) is 0 Å². The molecule has 0 atom stereocenters. The van der Waals surface area contributed by atoms with Crippen molar-refractivity contribution in [2.45, 2.75) is 26.7 Å². The summed E-state index contributed by atoms with van der Waals surface area (Å²) in [5.74, 6) is 1.25. The number of nitrogens with zero attached hydrogens (tertiary/aromatic N) is 1. The van der Waals surface area contributed by atoms with Crippen molar-refractivity contribution < 1.29 is 4.74 Å². The fourth-order valence-corrected chi connectivity index (χ4v) is 1.35. The van der Waals surface area contributed by atoms with Crippen molar-refractivity contribution in [2.24, 2.45) is 0 Å². The first-order valence-corrected chi connectivity index (χ1v) is 4.96. The van der Waals surface area contributed by atoms with E-state index in [2.05, 4.69) is 31.1 Å². The highest BCUT2D eigenvalue weighted by Crippen LogP contribution is 2.26. The molecule has 0 aromatic carbocycles. The molecule has 0 aliphatic rings. The summed E-state index contributed by atoms with van der Waals surface area (Å²) in [4.78, 5) is 4.38. The number of aromatic nitrogens is 1. The zero-order valence-electron chi connectivity index (χ0n) is 9.29. The number of methoxy groups -OCH3 is 1. The van der Waals surface area contributed by atoms with E-state index in [0.717, 1.165) is 23.7 Å². The minimum atomic E-state index is 0.389. The maximum absolute atomic E-state index is 5.29. The van der Waals surface area contributed by atoms with Gasteiger partial charge in [-0.15, -0.1) is 0 Å². The van der Waals surface area contributed by atoms with Crippen molar-refractivity contribution in [1.82, 2.24) is 4.98 Å². The van der Waals surface area contributed by atoms with Crippen LogP contribution >= 0.6 is 0 Å². The number of anilines is 1. The van der Waals surface area contributed by atoms with Gasteiger partial charge < -0.3 is 10.1 Å². The third kappa shape index (κ3) is 2.37. The Balaban J connectivity index is 2.99. The van der Waals surface area contributed by atoms with Crippen LogP contribution in [0.5, 0.6) is 5.75 Å². The lowest BCUT2D eigenvalue weighted by Crippen LogP contribution is -2.02. The lowest BCUT2D eigenvalue weighted by molar-refractivity contribution is 0.404. The Hall–Kier alpha value is -1.25. The molecular weight excluding hydrogens is 176 g/mol. The largest absolute Gasteiger partial charge is 0.495 e. The average molecular weight is 194 g/mol. The summed E-state index contributed by atoms with van der Waals surface area (Å²) in [6.45, 7) is 7.17. The summed E-state index contributed by atoms with van der Waals surface area (Å²) in [5, 5.41) is 3.21. The second kappa shape index (κ2) is 4.84. The van der Waals surface area contributed by atoms with Crippen LogP contribution in [0.3, 0.4) is 0 Å². The highest BCUT2D eigenvalue weighted by atomic mass is 16.5. The molecule has 1 rings (SSSR count). The number of rotatable bonds is 4. The van der Waals surface area contributed by atoms with Gasteiger partial charge in [-0.2, -0.15) is 0 Å². The topological polar surface area (TPSA) is 34.2 Å². The number of hydrogen-bond acceptors (Lipinski definition) is 3. The van der Waals surface area contributed by atoms with Gasteiger partial charge in [0.1, 0.15) is 5.75 Å². The lowest BCUT2D eigenvalue weighted by atomic mass is 10.1. The molecule has 0 bridgehead atoms. The summed E-state index contributed by atoms with van der Waals surface area (Å²) < 4.78 is 5.29. The molecule has 14 heavy (non-hydrogen) atoms. The van der Waals surface area contributed by atoms with Gasteiger partial charge in [0, 0.05) is 12.6 Å². The van der Waals surface area contributed by atoms with Gasteiger partial charge >= 0.3 is 0 Å². The minimum Gasteiger partial charge on any atom is -0.495 e. The number of hydrogen-bond donors (Lipinski definition) is 1. The van der Waals surface area contributed by atoms with Gasteiger partial charge in [-0.05, 0) is 12.8 Å². The Morgan fingerprint density at radius 2 is 2.21 bits per heavy atom. The van der Waals surface area contributed by atoms with Gasteiger partial charge in [-0.1, -0.05) is 13.8 Å².